The van der Waals surface area contributed by atoms with E-state index in [9.17, 15) is 9.90 Å². The summed E-state index contributed by atoms with van der Waals surface area (Å²) < 4.78 is 11.7. The van der Waals surface area contributed by atoms with Gasteiger partial charge in [0, 0.05) is 11.1 Å². The Balaban J connectivity index is 1.69. The Morgan fingerprint density at radius 3 is 2.38 bits per heavy atom. The van der Waals surface area contributed by atoms with E-state index >= 15 is 0 Å². The molecule has 202 valence electrons. The SMILES string of the molecule is CCCCC(C)(O)[C@H]1CC[C@H](N2C(=O)Cc3cc(OC)c(OC(C)C)cc3C2c2ccc(Cl)cc2)CC1. The van der Waals surface area contributed by atoms with Gasteiger partial charge in [-0.2, -0.15) is 0 Å². The summed E-state index contributed by atoms with van der Waals surface area (Å²) in [5.41, 5.74) is 2.45. The van der Waals surface area contributed by atoms with Crippen LogP contribution in [0, 0.1) is 5.92 Å². The molecule has 1 aliphatic carbocycles. The second-order valence-corrected chi connectivity index (χ2v) is 11.7. The van der Waals surface area contributed by atoms with E-state index in [-0.39, 0.29) is 30.0 Å². The number of unbranched alkanes of at least 4 members (excludes halogenated alkanes) is 1. The van der Waals surface area contributed by atoms with Crippen molar-refractivity contribution < 1.29 is 19.4 Å². The van der Waals surface area contributed by atoms with Crippen LogP contribution in [0.15, 0.2) is 36.4 Å². The fraction of sp³-hybridized carbons (Fsp3) is 0.581. The number of rotatable bonds is 9. The van der Waals surface area contributed by atoms with Crippen molar-refractivity contribution in [3.05, 3.63) is 58.1 Å². The van der Waals surface area contributed by atoms with E-state index in [0.717, 1.165) is 61.6 Å². The van der Waals surface area contributed by atoms with Crippen LogP contribution in [0.2, 0.25) is 5.02 Å². The zero-order chi connectivity index (χ0) is 26.7. The Hall–Kier alpha value is -2.24. The Labute approximate surface area is 227 Å². The van der Waals surface area contributed by atoms with Gasteiger partial charge < -0.3 is 19.5 Å². The number of aliphatic hydroxyl groups is 1. The highest BCUT2D eigenvalue weighted by atomic mass is 35.5. The number of halogens is 1. The first kappa shape index (κ1) is 27.8. The second-order valence-electron chi connectivity index (χ2n) is 11.3. The standard InChI is InChI=1S/C31H42ClNO4/c1-6-7-16-31(4,35)23-10-14-25(15-11-23)33-29(34)18-22-17-27(36-5)28(37-20(2)3)19-26(22)30(33)21-8-12-24(32)13-9-21/h8-9,12-13,17,19-20,23,25,30,35H,6-7,10-11,14-16,18H2,1-5H3/t23-,25-,30?,31?. The van der Waals surface area contributed by atoms with Crippen LogP contribution in [0.3, 0.4) is 0 Å². The van der Waals surface area contributed by atoms with Gasteiger partial charge in [-0.3, -0.25) is 4.79 Å². The maximum Gasteiger partial charge on any atom is 0.228 e. The highest BCUT2D eigenvalue weighted by molar-refractivity contribution is 6.30. The Kier molecular flexibility index (Phi) is 8.75. The van der Waals surface area contributed by atoms with Crippen LogP contribution < -0.4 is 9.47 Å². The van der Waals surface area contributed by atoms with Crippen molar-refractivity contribution in [2.75, 3.05) is 7.11 Å². The number of carbonyl (C=O) groups excluding carboxylic acids is 1. The minimum atomic E-state index is -0.644. The topological polar surface area (TPSA) is 59.0 Å². The minimum Gasteiger partial charge on any atom is -0.493 e. The van der Waals surface area contributed by atoms with Gasteiger partial charge in [0.2, 0.25) is 5.91 Å². The average molecular weight is 528 g/mol. The summed E-state index contributed by atoms with van der Waals surface area (Å²) in [5, 5.41) is 11.8. The molecule has 4 rings (SSSR count). The van der Waals surface area contributed by atoms with Crippen LogP contribution >= 0.6 is 11.6 Å². The number of ether oxygens (including phenoxy) is 2. The first-order valence-corrected chi connectivity index (χ1v) is 14.2. The molecule has 2 unspecified atom stereocenters. The molecule has 2 atom stereocenters. The Bertz CT molecular complexity index is 1070. The van der Waals surface area contributed by atoms with Crippen molar-refractivity contribution in [1.29, 1.82) is 0 Å². The van der Waals surface area contributed by atoms with Crippen molar-refractivity contribution in [3.63, 3.8) is 0 Å². The van der Waals surface area contributed by atoms with Gasteiger partial charge in [0.25, 0.3) is 0 Å². The van der Waals surface area contributed by atoms with E-state index in [2.05, 4.69) is 17.9 Å². The first-order valence-electron chi connectivity index (χ1n) is 13.8. The number of hydrogen-bond acceptors (Lipinski definition) is 4. The van der Waals surface area contributed by atoms with Crippen molar-refractivity contribution in [1.82, 2.24) is 4.90 Å². The lowest BCUT2D eigenvalue weighted by molar-refractivity contribution is -0.137. The van der Waals surface area contributed by atoms with Crippen LogP contribution in [0.4, 0.5) is 0 Å². The normalized spacial score (nSPS) is 23.5. The predicted molar refractivity (Wildman–Crippen MR) is 148 cm³/mol. The molecule has 6 heteroatoms. The van der Waals surface area contributed by atoms with Gasteiger partial charge in [0.15, 0.2) is 11.5 Å². The summed E-state index contributed by atoms with van der Waals surface area (Å²) in [5.74, 6) is 1.75. The molecule has 2 aromatic carbocycles. The van der Waals surface area contributed by atoms with Crippen LogP contribution in [-0.4, -0.2) is 40.8 Å². The summed E-state index contributed by atoms with van der Waals surface area (Å²) in [6.45, 7) is 8.16. The largest absolute Gasteiger partial charge is 0.493 e. The molecule has 0 bridgehead atoms. The number of carbonyl (C=O) groups is 1. The van der Waals surface area contributed by atoms with E-state index in [1.165, 1.54) is 0 Å². The smallest absolute Gasteiger partial charge is 0.228 e. The zero-order valence-electron chi connectivity index (χ0n) is 22.9. The lowest BCUT2D eigenvalue weighted by Gasteiger charge is -2.46. The molecule has 1 amide bonds. The van der Waals surface area contributed by atoms with Crippen LogP contribution in [0.5, 0.6) is 11.5 Å². The molecule has 2 aliphatic rings. The molecule has 1 heterocycles. The molecule has 5 nitrogen and oxygen atoms in total. The van der Waals surface area contributed by atoms with E-state index in [4.69, 9.17) is 21.1 Å². The highest BCUT2D eigenvalue weighted by Crippen LogP contribution is 2.46. The molecule has 1 fully saturated rings. The predicted octanol–water partition coefficient (Wildman–Crippen LogP) is 7.11. The second kappa shape index (κ2) is 11.7. The summed E-state index contributed by atoms with van der Waals surface area (Å²) >= 11 is 6.24. The van der Waals surface area contributed by atoms with Crippen LogP contribution in [0.1, 0.15) is 95.4 Å². The van der Waals surface area contributed by atoms with Crippen molar-refractivity contribution in [2.45, 2.75) is 103 Å². The van der Waals surface area contributed by atoms with Crippen LogP contribution in [-0.2, 0) is 11.2 Å². The first-order chi connectivity index (χ1) is 17.6. The Morgan fingerprint density at radius 1 is 1.11 bits per heavy atom. The summed E-state index contributed by atoms with van der Waals surface area (Å²) in [7, 11) is 1.64. The number of hydrogen-bond donors (Lipinski definition) is 1. The number of fused-ring (bicyclic) bond motifs is 1. The molecule has 0 aromatic heterocycles. The molecule has 0 saturated heterocycles. The van der Waals surface area contributed by atoms with Crippen molar-refractivity contribution >= 4 is 17.5 Å². The highest BCUT2D eigenvalue weighted by Gasteiger charge is 2.42. The lowest BCUT2D eigenvalue weighted by atomic mass is 9.73. The third-order valence-corrected chi connectivity index (χ3v) is 8.43. The van der Waals surface area contributed by atoms with Gasteiger partial charge in [0.1, 0.15) is 0 Å². The Morgan fingerprint density at radius 2 is 1.78 bits per heavy atom. The van der Waals surface area contributed by atoms with Crippen molar-refractivity contribution in [3.8, 4) is 11.5 Å². The van der Waals surface area contributed by atoms with Gasteiger partial charge >= 0.3 is 0 Å². The van der Waals surface area contributed by atoms with Gasteiger partial charge in [-0.05, 0) is 99.7 Å². The van der Waals surface area contributed by atoms with Gasteiger partial charge in [-0.25, -0.2) is 0 Å². The molecular formula is C31H42ClNO4. The van der Waals surface area contributed by atoms with Gasteiger partial charge in [0.05, 0.1) is 31.3 Å². The maximum atomic E-state index is 13.8. The average Bonchev–Trinajstić information content (AvgIpc) is 2.87. The van der Waals surface area contributed by atoms with E-state index in [1.54, 1.807) is 7.11 Å². The molecule has 1 saturated carbocycles. The number of amides is 1. The third-order valence-electron chi connectivity index (χ3n) is 8.18. The summed E-state index contributed by atoms with van der Waals surface area (Å²) in [6.07, 6.45) is 6.94. The molecule has 0 radical (unpaired) electrons. The zero-order valence-corrected chi connectivity index (χ0v) is 23.7. The minimum absolute atomic E-state index is 0.00182. The molecule has 0 spiro atoms. The third kappa shape index (κ3) is 6.09. The molecule has 1 aliphatic heterocycles. The monoisotopic (exact) mass is 527 g/mol. The fourth-order valence-corrected chi connectivity index (χ4v) is 6.32. The lowest BCUT2D eigenvalue weighted by Crippen LogP contribution is -2.49. The number of methoxy groups -OCH3 is 1. The molecular weight excluding hydrogens is 486 g/mol. The number of benzene rings is 2. The molecule has 2 aromatic rings. The number of nitrogens with zero attached hydrogens (tertiary/aromatic N) is 1. The van der Waals surface area contributed by atoms with E-state index < -0.39 is 5.60 Å². The van der Waals surface area contributed by atoms with Gasteiger partial charge in [-0.15, -0.1) is 0 Å². The van der Waals surface area contributed by atoms with E-state index in [1.807, 2.05) is 51.1 Å². The van der Waals surface area contributed by atoms with Crippen LogP contribution in [0.25, 0.3) is 0 Å². The van der Waals surface area contributed by atoms with Gasteiger partial charge in [-0.1, -0.05) is 43.5 Å². The summed E-state index contributed by atoms with van der Waals surface area (Å²) in [6, 6.07) is 11.8. The quantitative estimate of drug-likeness (QED) is 0.377. The van der Waals surface area contributed by atoms with Crippen molar-refractivity contribution in [2.24, 2.45) is 5.92 Å². The maximum absolute atomic E-state index is 13.8. The van der Waals surface area contributed by atoms with E-state index in [0.29, 0.717) is 22.9 Å². The summed E-state index contributed by atoms with van der Waals surface area (Å²) in [4.78, 5) is 15.9. The molecule has 37 heavy (non-hydrogen) atoms. The molecule has 1 N–H and O–H groups in total. The fourth-order valence-electron chi connectivity index (χ4n) is 6.19.